The van der Waals surface area contributed by atoms with Gasteiger partial charge in [-0.2, -0.15) is 0 Å². The molecule has 0 saturated heterocycles. The van der Waals surface area contributed by atoms with Crippen molar-refractivity contribution >= 4 is 5.91 Å². The molecule has 4 rings (SSSR count). The maximum atomic E-state index is 12.5. The molecule has 4 heteroatoms. The van der Waals surface area contributed by atoms with Crippen molar-refractivity contribution in [2.75, 3.05) is 47.4 Å². The van der Waals surface area contributed by atoms with Crippen LogP contribution in [0.1, 0.15) is 104 Å². The van der Waals surface area contributed by atoms with Gasteiger partial charge in [0.1, 0.15) is 6.54 Å². The van der Waals surface area contributed by atoms with Crippen LogP contribution in [0.15, 0.2) is 0 Å². The van der Waals surface area contributed by atoms with Crippen LogP contribution in [0.4, 0.5) is 0 Å². The molecule has 0 spiro atoms. The number of fused-ring (bicyclic) bond motifs is 5. The van der Waals surface area contributed by atoms with Crippen LogP contribution in [-0.4, -0.2) is 57.8 Å². The van der Waals surface area contributed by atoms with Crippen LogP contribution in [0.5, 0.6) is 0 Å². The number of hydrogen-bond acceptors (Lipinski definition) is 2. The van der Waals surface area contributed by atoms with Crippen molar-refractivity contribution in [3.8, 4) is 0 Å². The first-order valence-corrected chi connectivity index (χ1v) is 15.7. The Balaban J connectivity index is 1.20. The summed E-state index contributed by atoms with van der Waals surface area (Å²) in [6.45, 7) is 11.1. The third kappa shape index (κ3) is 6.16. The van der Waals surface area contributed by atoms with Crippen molar-refractivity contribution in [3.63, 3.8) is 0 Å². The van der Waals surface area contributed by atoms with E-state index in [2.05, 4.69) is 47.2 Å². The normalized spacial score (nSPS) is 39.1. The zero-order valence-electron chi connectivity index (χ0n) is 24.7. The number of carbonyl (C=O) groups is 1. The molecule has 4 unspecified atom stereocenters. The summed E-state index contributed by atoms with van der Waals surface area (Å²) >= 11 is 0. The van der Waals surface area contributed by atoms with Gasteiger partial charge in [0, 0.05) is 19.6 Å². The Bertz CT molecular complexity index is 732. The van der Waals surface area contributed by atoms with Crippen molar-refractivity contribution in [3.05, 3.63) is 0 Å². The molecule has 4 aliphatic rings. The predicted molar refractivity (Wildman–Crippen MR) is 150 cm³/mol. The second-order valence-corrected chi connectivity index (χ2v) is 15.0. The van der Waals surface area contributed by atoms with Crippen molar-refractivity contribution in [1.82, 2.24) is 5.32 Å². The fourth-order valence-electron chi connectivity index (χ4n) is 9.76. The highest BCUT2D eigenvalue weighted by molar-refractivity contribution is 5.75. The summed E-state index contributed by atoms with van der Waals surface area (Å²) in [6.07, 6.45) is 17.4. The molecule has 4 nitrogen and oxygen atoms in total. The van der Waals surface area contributed by atoms with Gasteiger partial charge in [-0.1, -0.05) is 33.6 Å². The van der Waals surface area contributed by atoms with Crippen LogP contribution in [0, 0.1) is 46.3 Å². The lowest BCUT2D eigenvalue weighted by Crippen LogP contribution is -2.53. The summed E-state index contributed by atoms with van der Waals surface area (Å²) in [7, 11) is 6.55. The number of hydrogen-bond donors (Lipinski definition) is 1. The van der Waals surface area contributed by atoms with Crippen LogP contribution in [0.2, 0.25) is 0 Å². The molecule has 208 valence electrons. The van der Waals surface area contributed by atoms with Gasteiger partial charge in [-0.25, -0.2) is 0 Å². The topological polar surface area (TPSA) is 38.3 Å². The largest absolute Gasteiger partial charge is 0.376 e. The summed E-state index contributed by atoms with van der Waals surface area (Å²) in [4.78, 5) is 12.5. The van der Waals surface area contributed by atoms with Gasteiger partial charge < -0.3 is 14.5 Å². The monoisotopic (exact) mass is 503 g/mol. The molecule has 8 atom stereocenters. The van der Waals surface area contributed by atoms with Gasteiger partial charge in [0.05, 0.1) is 27.7 Å². The first-order valence-electron chi connectivity index (χ1n) is 15.7. The molecule has 1 N–H and O–H groups in total. The van der Waals surface area contributed by atoms with Crippen LogP contribution in [-0.2, 0) is 9.53 Å². The molecule has 36 heavy (non-hydrogen) atoms. The lowest BCUT2D eigenvalue weighted by atomic mass is 9.44. The van der Waals surface area contributed by atoms with Crippen LogP contribution < -0.4 is 5.32 Å². The molecule has 0 radical (unpaired) electrons. The quantitative estimate of drug-likeness (QED) is 0.252. The summed E-state index contributed by atoms with van der Waals surface area (Å²) in [5, 5.41) is 3.15. The second-order valence-electron chi connectivity index (χ2n) is 15.0. The smallest absolute Gasteiger partial charge is 0.220 e. The molecular weight excluding hydrogens is 444 g/mol. The van der Waals surface area contributed by atoms with Crippen LogP contribution in [0.3, 0.4) is 0 Å². The number of nitrogens with zero attached hydrogens (tertiary/aromatic N) is 1. The Morgan fingerprint density at radius 1 is 0.944 bits per heavy atom. The van der Waals surface area contributed by atoms with E-state index >= 15 is 0 Å². The van der Waals surface area contributed by atoms with Gasteiger partial charge in [0.2, 0.25) is 5.91 Å². The van der Waals surface area contributed by atoms with E-state index < -0.39 is 0 Å². The summed E-state index contributed by atoms with van der Waals surface area (Å²) in [6, 6.07) is 0. The number of nitrogens with one attached hydrogen (secondary N) is 1. The fraction of sp³-hybridized carbons (Fsp3) is 0.969. The molecule has 0 aromatic carbocycles. The average Bonchev–Trinajstić information content (AvgIpc) is 3.18. The van der Waals surface area contributed by atoms with Crippen molar-refractivity contribution in [2.24, 2.45) is 46.3 Å². The number of rotatable bonds is 11. The van der Waals surface area contributed by atoms with Crippen LogP contribution in [0.25, 0.3) is 0 Å². The minimum Gasteiger partial charge on any atom is -0.376 e. The zero-order valence-corrected chi connectivity index (χ0v) is 24.7. The Hall–Kier alpha value is -0.610. The number of amides is 1. The standard InChI is InChI=1S/C32H58N2O2/c1-24(11-16-30(35)33-20-9-22-36-23-21-34(4,5)6)27-14-15-28-26-13-12-25-10-7-8-18-31(25,2)29(26)17-19-32(27,28)3/h24-29H,7-23H2,1-6H3/p+1/t24-,25?,26?,27-,28?,29?,31+,32-/m1/s1. The molecule has 0 heterocycles. The minimum absolute atomic E-state index is 0.236. The van der Waals surface area contributed by atoms with Gasteiger partial charge >= 0.3 is 0 Å². The number of ether oxygens (including phenoxy) is 1. The third-order valence-electron chi connectivity index (χ3n) is 11.9. The van der Waals surface area contributed by atoms with Gasteiger partial charge in [-0.3, -0.25) is 4.79 Å². The Morgan fingerprint density at radius 3 is 2.50 bits per heavy atom. The molecule has 4 fully saturated rings. The van der Waals surface area contributed by atoms with E-state index in [9.17, 15) is 4.79 Å². The predicted octanol–water partition coefficient (Wildman–Crippen LogP) is 6.68. The van der Waals surface area contributed by atoms with Gasteiger partial charge in [-0.05, 0) is 111 Å². The molecule has 4 aliphatic carbocycles. The van der Waals surface area contributed by atoms with E-state index in [-0.39, 0.29) is 5.91 Å². The number of quaternary nitrogens is 1. The number of likely N-dealkylation sites (N-methyl/N-ethyl adjacent to an activating group) is 1. The summed E-state index contributed by atoms with van der Waals surface area (Å²) in [5.74, 6) is 5.62. The second kappa shape index (κ2) is 11.6. The maximum absolute atomic E-state index is 12.5. The Labute approximate surface area is 223 Å². The summed E-state index contributed by atoms with van der Waals surface area (Å²) < 4.78 is 6.65. The molecule has 0 aromatic heterocycles. The zero-order chi connectivity index (χ0) is 26.0. The number of carbonyl (C=O) groups excluding carboxylic acids is 1. The van der Waals surface area contributed by atoms with E-state index in [1.807, 2.05) is 0 Å². The first-order chi connectivity index (χ1) is 17.0. The molecule has 0 bridgehead atoms. The summed E-state index contributed by atoms with van der Waals surface area (Å²) in [5.41, 5.74) is 1.15. The van der Waals surface area contributed by atoms with Crippen molar-refractivity contribution in [1.29, 1.82) is 0 Å². The van der Waals surface area contributed by atoms with E-state index in [0.717, 1.165) is 73.2 Å². The van der Waals surface area contributed by atoms with Gasteiger partial charge in [0.15, 0.2) is 0 Å². The SMILES string of the molecule is C[C@H](CCC(=O)NCCCOCC[N+](C)(C)C)[C@H]1CCC2C3CCC4CCCC[C@]4(C)C3CC[C@@]21C. The van der Waals surface area contributed by atoms with Crippen molar-refractivity contribution in [2.45, 2.75) is 104 Å². The van der Waals surface area contributed by atoms with E-state index in [1.165, 1.54) is 64.2 Å². The maximum Gasteiger partial charge on any atom is 0.220 e. The lowest BCUT2D eigenvalue weighted by molar-refractivity contribution is -0.870. The third-order valence-corrected chi connectivity index (χ3v) is 11.9. The minimum atomic E-state index is 0.236. The molecule has 0 aliphatic heterocycles. The highest BCUT2D eigenvalue weighted by atomic mass is 16.5. The van der Waals surface area contributed by atoms with E-state index in [1.54, 1.807) is 0 Å². The lowest BCUT2D eigenvalue weighted by Gasteiger charge is -2.61. The average molecular weight is 504 g/mol. The highest BCUT2D eigenvalue weighted by Gasteiger charge is 2.60. The van der Waals surface area contributed by atoms with Crippen molar-refractivity contribution < 1.29 is 14.0 Å². The van der Waals surface area contributed by atoms with Gasteiger partial charge in [-0.15, -0.1) is 0 Å². The Kier molecular flexibility index (Phi) is 9.18. The van der Waals surface area contributed by atoms with E-state index in [0.29, 0.717) is 23.2 Å². The molecule has 1 amide bonds. The van der Waals surface area contributed by atoms with Gasteiger partial charge in [0.25, 0.3) is 0 Å². The molecular formula is C32H59N2O2+. The van der Waals surface area contributed by atoms with Crippen LogP contribution >= 0.6 is 0 Å². The highest BCUT2D eigenvalue weighted by Crippen LogP contribution is 2.68. The van der Waals surface area contributed by atoms with E-state index in [4.69, 9.17) is 4.74 Å². The molecule has 0 aromatic rings. The first kappa shape index (κ1) is 28.4. The Morgan fingerprint density at radius 2 is 1.72 bits per heavy atom. The molecule has 4 saturated carbocycles. The fourth-order valence-corrected chi connectivity index (χ4v) is 9.76.